The zero-order valence-electron chi connectivity index (χ0n) is 13.2. The Morgan fingerprint density at radius 3 is 2.95 bits per heavy atom. The van der Waals surface area contributed by atoms with Crippen LogP contribution in [-0.4, -0.2) is 35.7 Å². The summed E-state index contributed by atoms with van der Waals surface area (Å²) < 4.78 is 5.42. The molecule has 5 heteroatoms. The van der Waals surface area contributed by atoms with Crippen LogP contribution in [0.4, 0.5) is 4.79 Å². The largest absolute Gasteiger partial charge is 0.444 e. The summed E-state index contributed by atoms with van der Waals surface area (Å²) in [5.41, 5.74) is 5.88. The molecule has 21 heavy (non-hydrogen) atoms. The Kier molecular flexibility index (Phi) is 5.27. The van der Waals surface area contributed by atoms with E-state index in [0.717, 1.165) is 32.4 Å². The summed E-state index contributed by atoms with van der Waals surface area (Å²) in [6, 6.07) is 4.38. The smallest absolute Gasteiger partial charge is 0.410 e. The number of carbonyl (C=O) groups excluding carboxylic acids is 1. The van der Waals surface area contributed by atoms with Crippen LogP contribution in [0.25, 0.3) is 0 Å². The van der Waals surface area contributed by atoms with Gasteiger partial charge in [0, 0.05) is 24.0 Å². The van der Waals surface area contributed by atoms with Crippen LogP contribution in [-0.2, 0) is 11.2 Å². The molecule has 0 spiro atoms. The summed E-state index contributed by atoms with van der Waals surface area (Å²) in [5, 5.41) is 2.10. The van der Waals surface area contributed by atoms with Gasteiger partial charge in [0.2, 0.25) is 0 Å². The first kappa shape index (κ1) is 16.3. The number of amides is 1. The average Bonchev–Trinajstić information content (AvgIpc) is 3.05. The van der Waals surface area contributed by atoms with Crippen molar-refractivity contribution in [3.63, 3.8) is 0 Å². The molecule has 0 saturated carbocycles. The van der Waals surface area contributed by atoms with E-state index in [0.29, 0.717) is 5.92 Å². The summed E-state index contributed by atoms with van der Waals surface area (Å²) in [7, 11) is 0. The molecule has 1 aromatic rings. The highest BCUT2D eigenvalue weighted by Gasteiger charge is 2.32. The molecule has 1 aliphatic heterocycles. The van der Waals surface area contributed by atoms with Crippen LogP contribution in [0.5, 0.6) is 0 Å². The maximum atomic E-state index is 12.0. The number of ether oxygens (including phenoxy) is 1. The molecular weight excluding hydrogens is 284 g/mol. The summed E-state index contributed by atoms with van der Waals surface area (Å²) in [5.74, 6) is 0.387. The molecule has 0 radical (unpaired) electrons. The van der Waals surface area contributed by atoms with Crippen molar-refractivity contribution < 1.29 is 9.53 Å². The van der Waals surface area contributed by atoms with Gasteiger partial charge in [-0.25, -0.2) is 4.79 Å². The summed E-state index contributed by atoms with van der Waals surface area (Å²) in [6.45, 7) is 7.16. The van der Waals surface area contributed by atoms with Gasteiger partial charge in [-0.3, -0.25) is 0 Å². The van der Waals surface area contributed by atoms with E-state index in [1.807, 2.05) is 20.8 Å². The maximum Gasteiger partial charge on any atom is 0.410 e. The zero-order chi connectivity index (χ0) is 15.5. The zero-order valence-corrected chi connectivity index (χ0v) is 14.0. The SMILES string of the molecule is CC(C)(C)OC(=O)N1CCC(C(N)CCc2cccs2)C1. The quantitative estimate of drug-likeness (QED) is 0.928. The molecule has 1 aliphatic rings. The van der Waals surface area contributed by atoms with Gasteiger partial charge in [0.1, 0.15) is 5.60 Å². The van der Waals surface area contributed by atoms with E-state index in [9.17, 15) is 4.79 Å². The molecule has 0 aliphatic carbocycles. The van der Waals surface area contributed by atoms with Crippen molar-refractivity contribution in [1.29, 1.82) is 0 Å². The predicted octanol–water partition coefficient (Wildman–Crippen LogP) is 3.27. The van der Waals surface area contributed by atoms with E-state index < -0.39 is 5.60 Å². The number of likely N-dealkylation sites (tertiary alicyclic amines) is 1. The summed E-state index contributed by atoms with van der Waals surface area (Å²) in [4.78, 5) is 15.2. The first-order valence-corrected chi connectivity index (χ1v) is 8.49. The van der Waals surface area contributed by atoms with Gasteiger partial charge in [-0.05, 0) is 57.4 Å². The van der Waals surface area contributed by atoms with Gasteiger partial charge in [0.15, 0.2) is 0 Å². The molecule has 1 aromatic heterocycles. The molecule has 2 unspecified atom stereocenters. The topological polar surface area (TPSA) is 55.6 Å². The van der Waals surface area contributed by atoms with Crippen molar-refractivity contribution >= 4 is 17.4 Å². The van der Waals surface area contributed by atoms with Crippen LogP contribution >= 0.6 is 11.3 Å². The Labute approximate surface area is 131 Å². The Bertz CT molecular complexity index is 453. The molecule has 0 bridgehead atoms. The second kappa shape index (κ2) is 6.79. The summed E-state index contributed by atoms with van der Waals surface area (Å²) >= 11 is 1.78. The Morgan fingerprint density at radius 2 is 2.33 bits per heavy atom. The minimum absolute atomic E-state index is 0.152. The molecule has 1 amide bonds. The van der Waals surface area contributed by atoms with Crippen LogP contribution in [0.15, 0.2) is 17.5 Å². The third-order valence-electron chi connectivity index (χ3n) is 3.79. The van der Waals surface area contributed by atoms with E-state index >= 15 is 0 Å². The molecule has 2 heterocycles. The Balaban J connectivity index is 1.77. The fourth-order valence-electron chi connectivity index (χ4n) is 2.63. The monoisotopic (exact) mass is 310 g/mol. The minimum atomic E-state index is -0.434. The molecule has 1 fully saturated rings. The molecule has 2 rings (SSSR count). The third-order valence-corrected chi connectivity index (χ3v) is 4.72. The number of nitrogens with two attached hydrogens (primary N) is 1. The van der Waals surface area contributed by atoms with Gasteiger partial charge in [-0.15, -0.1) is 11.3 Å². The molecule has 2 atom stereocenters. The molecule has 2 N–H and O–H groups in total. The lowest BCUT2D eigenvalue weighted by molar-refractivity contribution is 0.0286. The molecule has 1 saturated heterocycles. The molecular formula is C16H26N2O2S. The fraction of sp³-hybridized carbons (Fsp3) is 0.688. The molecule has 118 valence electrons. The Morgan fingerprint density at radius 1 is 1.57 bits per heavy atom. The Hall–Kier alpha value is -1.07. The minimum Gasteiger partial charge on any atom is -0.444 e. The second-order valence-electron chi connectivity index (χ2n) is 6.76. The first-order chi connectivity index (χ1) is 9.85. The number of thiophene rings is 1. The highest BCUT2D eigenvalue weighted by atomic mass is 32.1. The van der Waals surface area contributed by atoms with Gasteiger partial charge in [0.25, 0.3) is 0 Å². The van der Waals surface area contributed by atoms with Crippen molar-refractivity contribution in [2.24, 2.45) is 11.7 Å². The van der Waals surface area contributed by atoms with Gasteiger partial charge in [0.05, 0.1) is 0 Å². The third kappa shape index (κ3) is 5.00. The van der Waals surface area contributed by atoms with E-state index in [1.165, 1.54) is 4.88 Å². The maximum absolute atomic E-state index is 12.0. The van der Waals surface area contributed by atoms with Gasteiger partial charge >= 0.3 is 6.09 Å². The predicted molar refractivity (Wildman–Crippen MR) is 86.5 cm³/mol. The first-order valence-electron chi connectivity index (χ1n) is 7.61. The van der Waals surface area contributed by atoms with Crippen molar-refractivity contribution in [2.75, 3.05) is 13.1 Å². The standard InChI is InChI=1S/C16H26N2O2S/c1-16(2,3)20-15(19)18-9-8-12(11-18)14(17)7-6-13-5-4-10-21-13/h4-5,10,12,14H,6-9,11,17H2,1-3H3. The van der Waals surface area contributed by atoms with E-state index in [2.05, 4.69) is 17.5 Å². The number of hydrogen-bond donors (Lipinski definition) is 1. The van der Waals surface area contributed by atoms with Gasteiger partial charge in [-0.2, -0.15) is 0 Å². The van der Waals surface area contributed by atoms with Crippen molar-refractivity contribution in [3.05, 3.63) is 22.4 Å². The average molecular weight is 310 g/mol. The lowest BCUT2D eigenvalue weighted by atomic mass is 9.95. The van der Waals surface area contributed by atoms with Gasteiger partial charge < -0.3 is 15.4 Å². The van der Waals surface area contributed by atoms with Crippen LogP contribution in [0.2, 0.25) is 0 Å². The number of nitrogens with zero attached hydrogens (tertiary/aromatic N) is 1. The number of rotatable bonds is 4. The lowest BCUT2D eigenvalue weighted by Crippen LogP contribution is -2.37. The highest BCUT2D eigenvalue weighted by molar-refractivity contribution is 7.09. The highest BCUT2D eigenvalue weighted by Crippen LogP contribution is 2.24. The van der Waals surface area contributed by atoms with E-state index in [4.69, 9.17) is 10.5 Å². The van der Waals surface area contributed by atoms with Crippen molar-refractivity contribution in [2.45, 2.75) is 51.7 Å². The molecule has 4 nitrogen and oxygen atoms in total. The van der Waals surface area contributed by atoms with Crippen LogP contribution in [0, 0.1) is 5.92 Å². The summed E-state index contributed by atoms with van der Waals surface area (Å²) in [6.07, 6.45) is 2.77. The van der Waals surface area contributed by atoms with Crippen molar-refractivity contribution in [3.8, 4) is 0 Å². The second-order valence-corrected chi connectivity index (χ2v) is 7.79. The van der Waals surface area contributed by atoms with Crippen LogP contribution in [0.3, 0.4) is 0 Å². The van der Waals surface area contributed by atoms with Crippen LogP contribution in [0.1, 0.15) is 38.5 Å². The van der Waals surface area contributed by atoms with E-state index in [1.54, 1.807) is 16.2 Å². The fourth-order valence-corrected chi connectivity index (χ4v) is 3.35. The van der Waals surface area contributed by atoms with Crippen molar-refractivity contribution in [1.82, 2.24) is 4.90 Å². The van der Waals surface area contributed by atoms with E-state index in [-0.39, 0.29) is 12.1 Å². The molecule has 0 aromatic carbocycles. The lowest BCUT2D eigenvalue weighted by Gasteiger charge is -2.25. The normalized spacial score (nSPS) is 20.6. The van der Waals surface area contributed by atoms with Crippen LogP contribution < -0.4 is 5.73 Å². The number of carbonyl (C=O) groups is 1. The number of hydrogen-bond acceptors (Lipinski definition) is 4. The van der Waals surface area contributed by atoms with Gasteiger partial charge in [-0.1, -0.05) is 6.07 Å². The number of aryl methyl sites for hydroxylation is 1.